The lowest BCUT2D eigenvalue weighted by molar-refractivity contribution is -0.137. The summed E-state index contributed by atoms with van der Waals surface area (Å²) in [7, 11) is 0. The van der Waals surface area contributed by atoms with Gasteiger partial charge in [0.1, 0.15) is 0 Å². The van der Waals surface area contributed by atoms with Crippen molar-refractivity contribution in [1.82, 2.24) is 4.98 Å². The second-order valence-corrected chi connectivity index (χ2v) is 5.84. The van der Waals surface area contributed by atoms with Crippen LogP contribution in [0.1, 0.15) is 11.1 Å². The van der Waals surface area contributed by atoms with Crippen molar-refractivity contribution >= 4 is 34.7 Å². The van der Waals surface area contributed by atoms with E-state index in [4.69, 9.17) is 0 Å². The van der Waals surface area contributed by atoms with Crippen LogP contribution in [0.15, 0.2) is 53.7 Å². The van der Waals surface area contributed by atoms with Crippen molar-refractivity contribution in [2.24, 2.45) is 0 Å². The van der Waals surface area contributed by atoms with Crippen molar-refractivity contribution in [3.8, 4) is 0 Å². The van der Waals surface area contributed by atoms with Crippen LogP contribution in [0.3, 0.4) is 0 Å². The molecule has 1 saturated heterocycles. The number of carbonyl (C=O) groups excluding carboxylic acids is 2. The van der Waals surface area contributed by atoms with E-state index in [1.807, 2.05) is 0 Å². The molecule has 0 saturated carbocycles. The van der Waals surface area contributed by atoms with Crippen LogP contribution >= 0.6 is 11.8 Å². The minimum atomic E-state index is -4.55. The van der Waals surface area contributed by atoms with Gasteiger partial charge in [0, 0.05) is 12.4 Å². The smallest absolute Gasteiger partial charge is 0.268 e. The summed E-state index contributed by atoms with van der Waals surface area (Å²) in [5.74, 6) is -0.659. The minimum Gasteiger partial charge on any atom is -0.268 e. The van der Waals surface area contributed by atoms with Crippen LogP contribution < -0.4 is 4.90 Å². The third kappa shape index (κ3) is 3.18. The quantitative estimate of drug-likeness (QED) is 0.756. The number of nitrogens with zero attached hydrogens (tertiary/aromatic N) is 2. The molecule has 0 atom stereocenters. The van der Waals surface area contributed by atoms with Crippen LogP contribution in [0.4, 0.5) is 23.7 Å². The van der Waals surface area contributed by atoms with Crippen LogP contribution in [0.25, 0.3) is 6.08 Å². The third-order valence-electron chi connectivity index (χ3n) is 3.21. The van der Waals surface area contributed by atoms with Crippen LogP contribution in [-0.2, 0) is 11.0 Å². The lowest BCUT2D eigenvalue weighted by Crippen LogP contribution is -2.28. The number of rotatable bonds is 2. The zero-order valence-corrected chi connectivity index (χ0v) is 12.8. The van der Waals surface area contributed by atoms with E-state index in [9.17, 15) is 22.8 Å². The predicted molar refractivity (Wildman–Crippen MR) is 84.1 cm³/mol. The molecule has 0 bridgehead atoms. The number of thioether (sulfide) groups is 1. The fraction of sp³-hybridized carbons (Fsp3) is 0.0625. The molecule has 2 heterocycles. The number of pyridine rings is 1. The van der Waals surface area contributed by atoms with Gasteiger partial charge in [-0.3, -0.25) is 14.6 Å². The van der Waals surface area contributed by atoms with E-state index >= 15 is 0 Å². The van der Waals surface area contributed by atoms with Crippen LogP contribution in [0, 0.1) is 0 Å². The summed E-state index contributed by atoms with van der Waals surface area (Å²) >= 11 is 0.674. The molecule has 8 heteroatoms. The Balaban J connectivity index is 1.94. The van der Waals surface area contributed by atoms with Crippen LogP contribution in [0.5, 0.6) is 0 Å². The first kappa shape index (κ1) is 16.3. The highest BCUT2D eigenvalue weighted by Gasteiger charge is 2.38. The molecular formula is C16H9F3N2O2S. The van der Waals surface area contributed by atoms with Gasteiger partial charge in [0.2, 0.25) is 0 Å². The molecule has 0 unspecified atom stereocenters. The van der Waals surface area contributed by atoms with Crippen molar-refractivity contribution in [3.63, 3.8) is 0 Å². The number of carbonyl (C=O) groups is 2. The fourth-order valence-electron chi connectivity index (χ4n) is 2.12. The standard InChI is InChI=1S/C16H9F3N2O2S/c17-16(18,19)11-4-1-5-12(8-11)21-14(22)13(24-15(21)23)7-10-3-2-6-20-9-10/h1-9H/b13-7-. The fourth-order valence-corrected chi connectivity index (χ4v) is 2.97. The maximum Gasteiger partial charge on any atom is 0.416 e. The molecule has 1 aromatic carbocycles. The Labute approximate surface area is 139 Å². The molecule has 3 rings (SSSR count). The SMILES string of the molecule is O=C1S/C(=C\c2cccnc2)C(=O)N1c1cccc(C(F)(F)F)c1. The first-order valence-electron chi connectivity index (χ1n) is 6.71. The number of benzene rings is 1. The molecule has 1 aliphatic heterocycles. The molecule has 2 aromatic rings. The summed E-state index contributed by atoms with van der Waals surface area (Å²) in [4.78, 5) is 29.2. The van der Waals surface area contributed by atoms with Crippen molar-refractivity contribution in [2.75, 3.05) is 4.90 Å². The first-order chi connectivity index (χ1) is 11.4. The first-order valence-corrected chi connectivity index (χ1v) is 7.53. The highest BCUT2D eigenvalue weighted by atomic mass is 32.2. The number of hydrogen-bond acceptors (Lipinski definition) is 4. The average Bonchev–Trinajstić information content (AvgIpc) is 2.82. The largest absolute Gasteiger partial charge is 0.416 e. The maximum atomic E-state index is 12.8. The number of anilines is 1. The summed E-state index contributed by atoms with van der Waals surface area (Å²) < 4.78 is 38.4. The number of imide groups is 1. The average molecular weight is 350 g/mol. The number of aromatic nitrogens is 1. The minimum absolute atomic E-state index is 0.109. The zero-order chi connectivity index (χ0) is 17.3. The summed E-state index contributed by atoms with van der Waals surface area (Å²) in [5, 5.41) is -0.644. The summed E-state index contributed by atoms with van der Waals surface area (Å²) in [6, 6.07) is 7.48. The van der Waals surface area contributed by atoms with Gasteiger partial charge in [-0.15, -0.1) is 0 Å². The van der Waals surface area contributed by atoms with Gasteiger partial charge in [0.15, 0.2) is 0 Å². The Morgan fingerprint density at radius 1 is 1.12 bits per heavy atom. The second kappa shape index (κ2) is 6.12. The molecular weight excluding hydrogens is 341 g/mol. The molecule has 0 aliphatic carbocycles. The molecule has 0 radical (unpaired) electrons. The summed E-state index contributed by atoms with van der Waals surface area (Å²) in [6.45, 7) is 0. The molecule has 24 heavy (non-hydrogen) atoms. The number of halogens is 3. The molecule has 4 nitrogen and oxygen atoms in total. The zero-order valence-electron chi connectivity index (χ0n) is 11.9. The highest BCUT2D eigenvalue weighted by molar-refractivity contribution is 8.19. The normalized spacial score (nSPS) is 17.0. The second-order valence-electron chi connectivity index (χ2n) is 4.85. The molecule has 1 fully saturated rings. The maximum absolute atomic E-state index is 12.8. The molecule has 0 spiro atoms. The lowest BCUT2D eigenvalue weighted by atomic mass is 10.2. The number of hydrogen-bond donors (Lipinski definition) is 0. The third-order valence-corrected chi connectivity index (χ3v) is 4.08. The van der Waals surface area contributed by atoms with E-state index in [1.165, 1.54) is 18.3 Å². The van der Waals surface area contributed by atoms with Crippen molar-refractivity contribution in [2.45, 2.75) is 6.18 Å². The topological polar surface area (TPSA) is 50.3 Å². The molecule has 2 amide bonds. The molecule has 1 aromatic heterocycles. The van der Waals surface area contributed by atoms with E-state index in [0.29, 0.717) is 17.3 Å². The molecule has 0 N–H and O–H groups in total. The van der Waals surface area contributed by atoms with Crippen molar-refractivity contribution in [3.05, 3.63) is 64.8 Å². The van der Waals surface area contributed by atoms with Gasteiger partial charge < -0.3 is 0 Å². The highest BCUT2D eigenvalue weighted by Crippen LogP contribution is 2.38. The Kier molecular flexibility index (Phi) is 4.15. The van der Waals surface area contributed by atoms with Gasteiger partial charge in [-0.1, -0.05) is 12.1 Å². The molecule has 1 aliphatic rings. The Hall–Kier alpha value is -2.61. The predicted octanol–water partition coefficient (Wildman–Crippen LogP) is 4.34. The molecule has 122 valence electrons. The number of alkyl halides is 3. The Morgan fingerprint density at radius 3 is 2.58 bits per heavy atom. The van der Waals surface area contributed by atoms with Gasteiger partial charge in [-0.25, -0.2) is 4.90 Å². The van der Waals surface area contributed by atoms with E-state index in [-0.39, 0.29) is 10.6 Å². The van der Waals surface area contributed by atoms with Gasteiger partial charge in [-0.05, 0) is 47.7 Å². The lowest BCUT2D eigenvalue weighted by Gasteiger charge is -2.14. The Morgan fingerprint density at radius 2 is 1.92 bits per heavy atom. The van der Waals surface area contributed by atoms with Crippen molar-refractivity contribution in [1.29, 1.82) is 0 Å². The van der Waals surface area contributed by atoms with Gasteiger partial charge in [-0.2, -0.15) is 13.2 Å². The van der Waals surface area contributed by atoms with E-state index < -0.39 is 22.9 Å². The van der Waals surface area contributed by atoms with E-state index in [2.05, 4.69) is 4.98 Å². The summed E-state index contributed by atoms with van der Waals surface area (Å²) in [5.41, 5.74) is -0.413. The monoisotopic (exact) mass is 350 g/mol. The van der Waals surface area contributed by atoms with E-state index in [0.717, 1.165) is 23.1 Å². The van der Waals surface area contributed by atoms with Gasteiger partial charge >= 0.3 is 6.18 Å². The van der Waals surface area contributed by atoms with Crippen molar-refractivity contribution < 1.29 is 22.8 Å². The van der Waals surface area contributed by atoms with Crippen LogP contribution in [0.2, 0.25) is 0 Å². The summed E-state index contributed by atoms with van der Waals surface area (Å²) in [6.07, 6.45) is -0.00117. The Bertz CT molecular complexity index is 835. The van der Waals surface area contributed by atoms with Gasteiger partial charge in [0.05, 0.1) is 16.2 Å². The van der Waals surface area contributed by atoms with Crippen LogP contribution in [-0.4, -0.2) is 16.1 Å². The van der Waals surface area contributed by atoms with E-state index in [1.54, 1.807) is 18.3 Å². The van der Waals surface area contributed by atoms with Gasteiger partial charge in [0.25, 0.3) is 11.1 Å². The number of amides is 2.